The van der Waals surface area contributed by atoms with Crippen molar-refractivity contribution in [3.05, 3.63) is 82.5 Å². The van der Waals surface area contributed by atoms with Crippen molar-refractivity contribution in [2.45, 2.75) is 33.2 Å². The molecule has 2 heteroatoms. The average Bonchev–Trinajstić information content (AvgIpc) is 2.63. The average molecular weight is 317 g/mol. The molecule has 0 unspecified atom stereocenters. The minimum Gasteiger partial charge on any atom is -0.340 e. The monoisotopic (exact) mass is 317 g/mol. The summed E-state index contributed by atoms with van der Waals surface area (Å²) >= 11 is 0. The first-order valence-electron chi connectivity index (χ1n) is 8.57. The van der Waals surface area contributed by atoms with Crippen LogP contribution in [-0.4, -0.2) is 4.57 Å². The quantitative estimate of drug-likeness (QED) is 0.626. The lowest BCUT2D eigenvalue weighted by Gasteiger charge is -2.21. The lowest BCUT2D eigenvalue weighted by Crippen LogP contribution is -2.16. The summed E-state index contributed by atoms with van der Waals surface area (Å²) < 4.78 is 2.31. The molecule has 0 aliphatic heterocycles. The van der Waals surface area contributed by atoms with Gasteiger partial charge < -0.3 is 4.57 Å². The van der Waals surface area contributed by atoms with Crippen molar-refractivity contribution < 1.29 is 0 Å². The molecule has 0 aliphatic carbocycles. The van der Waals surface area contributed by atoms with Crippen molar-refractivity contribution in [1.82, 2.24) is 4.57 Å². The summed E-state index contributed by atoms with van der Waals surface area (Å²) in [6.07, 6.45) is 2.20. The Balaban J connectivity index is 2.30. The van der Waals surface area contributed by atoms with Crippen LogP contribution in [0.15, 0.2) is 71.5 Å². The Hall–Kier alpha value is -2.61. The molecule has 1 heterocycles. The highest BCUT2D eigenvalue weighted by Crippen LogP contribution is 2.28. The second-order valence-corrected chi connectivity index (χ2v) is 6.10. The van der Waals surface area contributed by atoms with Crippen molar-refractivity contribution >= 4 is 0 Å². The van der Waals surface area contributed by atoms with Crippen LogP contribution in [0, 0.1) is 6.92 Å². The van der Waals surface area contributed by atoms with Gasteiger partial charge in [-0.1, -0.05) is 74.0 Å². The Kier molecular flexibility index (Phi) is 4.95. The first kappa shape index (κ1) is 16.3. The maximum absolute atomic E-state index is 12.6. The smallest absolute Gasteiger partial charge is 0.185 e. The summed E-state index contributed by atoms with van der Waals surface area (Å²) in [6.45, 7) is 5.04. The van der Waals surface area contributed by atoms with Crippen LogP contribution in [0.3, 0.4) is 0 Å². The second-order valence-electron chi connectivity index (χ2n) is 6.10. The maximum Gasteiger partial charge on any atom is 0.185 e. The van der Waals surface area contributed by atoms with Crippen LogP contribution in [0.1, 0.15) is 25.3 Å². The van der Waals surface area contributed by atoms with Gasteiger partial charge in [0.15, 0.2) is 5.43 Å². The third-order valence-corrected chi connectivity index (χ3v) is 4.41. The fourth-order valence-corrected chi connectivity index (χ4v) is 3.11. The summed E-state index contributed by atoms with van der Waals surface area (Å²) in [5.74, 6) is 0. The van der Waals surface area contributed by atoms with Gasteiger partial charge in [-0.3, -0.25) is 4.79 Å². The standard InChI is InChI=1S/C22H23NO/c1-3-4-15-23-20(18-11-7-5-8-12-18)16-21(24)17(2)22(23)19-13-9-6-10-14-19/h5-14,16H,3-4,15H2,1-2H3. The van der Waals surface area contributed by atoms with Crippen molar-refractivity contribution in [3.63, 3.8) is 0 Å². The fraction of sp³-hybridized carbons (Fsp3) is 0.227. The molecule has 24 heavy (non-hydrogen) atoms. The zero-order chi connectivity index (χ0) is 16.9. The molecule has 0 amide bonds. The van der Waals surface area contributed by atoms with Crippen LogP contribution in [0.2, 0.25) is 0 Å². The summed E-state index contributed by atoms with van der Waals surface area (Å²) in [4.78, 5) is 12.6. The molecule has 0 N–H and O–H groups in total. The highest BCUT2D eigenvalue weighted by molar-refractivity contribution is 5.70. The van der Waals surface area contributed by atoms with E-state index in [0.29, 0.717) is 0 Å². The van der Waals surface area contributed by atoms with E-state index < -0.39 is 0 Å². The lowest BCUT2D eigenvalue weighted by molar-refractivity contribution is 0.636. The molecule has 0 fully saturated rings. The highest BCUT2D eigenvalue weighted by atomic mass is 16.1. The second kappa shape index (κ2) is 7.31. The predicted octanol–water partition coefficient (Wildman–Crippen LogP) is 5.29. The summed E-state index contributed by atoms with van der Waals surface area (Å²) in [5.41, 5.74) is 5.13. The van der Waals surface area contributed by atoms with E-state index in [1.54, 1.807) is 6.07 Å². The third-order valence-electron chi connectivity index (χ3n) is 4.41. The van der Waals surface area contributed by atoms with Gasteiger partial charge in [0.1, 0.15) is 0 Å². The normalized spacial score (nSPS) is 10.8. The first-order chi connectivity index (χ1) is 11.7. The number of aromatic nitrogens is 1. The van der Waals surface area contributed by atoms with E-state index in [9.17, 15) is 4.79 Å². The predicted molar refractivity (Wildman–Crippen MR) is 101 cm³/mol. The SMILES string of the molecule is CCCCn1c(-c2ccccc2)cc(=O)c(C)c1-c1ccccc1. The van der Waals surface area contributed by atoms with Gasteiger partial charge in [-0.15, -0.1) is 0 Å². The van der Waals surface area contributed by atoms with Gasteiger partial charge in [0, 0.05) is 18.2 Å². The number of benzene rings is 2. The highest BCUT2D eigenvalue weighted by Gasteiger charge is 2.15. The van der Waals surface area contributed by atoms with Crippen LogP contribution >= 0.6 is 0 Å². The molecule has 0 radical (unpaired) electrons. The number of unbranched alkanes of at least 4 members (excludes halogenated alkanes) is 1. The summed E-state index contributed by atoms with van der Waals surface area (Å²) in [5, 5.41) is 0. The number of hydrogen-bond acceptors (Lipinski definition) is 1. The molecule has 0 saturated heterocycles. The van der Waals surface area contributed by atoms with Gasteiger partial charge in [0.05, 0.1) is 11.4 Å². The van der Waals surface area contributed by atoms with E-state index in [2.05, 4.69) is 35.8 Å². The van der Waals surface area contributed by atoms with Crippen LogP contribution in [-0.2, 0) is 6.54 Å². The van der Waals surface area contributed by atoms with E-state index in [4.69, 9.17) is 0 Å². The fourth-order valence-electron chi connectivity index (χ4n) is 3.11. The van der Waals surface area contributed by atoms with Crippen LogP contribution in [0.4, 0.5) is 0 Å². The summed E-state index contributed by atoms with van der Waals surface area (Å²) in [7, 11) is 0. The van der Waals surface area contributed by atoms with Crippen LogP contribution < -0.4 is 5.43 Å². The van der Waals surface area contributed by atoms with Gasteiger partial charge in [-0.05, 0) is 24.5 Å². The van der Waals surface area contributed by atoms with Crippen molar-refractivity contribution in [3.8, 4) is 22.5 Å². The van der Waals surface area contributed by atoms with Gasteiger partial charge in [-0.2, -0.15) is 0 Å². The third kappa shape index (κ3) is 3.18. The van der Waals surface area contributed by atoms with Gasteiger partial charge in [0.25, 0.3) is 0 Å². The first-order valence-corrected chi connectivity index (χ1v) is 8.57. The Bertz CT molecular complexity index is 864. The van der Waals surface area contributed by atoms with E-state index in [0.717, 1.165) is 47.5 Å². The molecule has 0 spiro atoms. The number of rotatable bonds is 5. The number of pyridine rings is 1. The molecule has 2 aromatic carbocycles. The molecule has 0 atom stereocenters. The van der Waals surface area contributed by atoms with E-state index >= 15 is 0 Å². The Morgan fingerprint density at radius 3 is 2.04 bits per heavy atom. The van der Waals surface area contributed by atoms with Crippen molar-refractivity contribution in [2.75, 3.05) is 0 Å². The minimum absolute atomic E-state index is 0.0976. The molecular weight excluding hydrogens is 294 g/mol. The van der Waals surface area contributed by atoms with Crippen LogP contribution in [0.5, 0.6) is 0 Å². The zero-order valence-electron chi connectivity index (χ0n) is 14.3. The Morgan fingerprint density at radius 2 is 1.46 bits per heavy atom. The van der Waals surface area contributed by atoms with E-state index in [1.807, 2.05) is 43.3 Å². The molecule has 122 valence electrons. The molecule has 3 aromatic rings. The van der Waals surface area contributed by atoms with Crippen molar-refractivity contribution in [2.24, 2.45) is 0 Å². The topological polar surface area (TPSA) is 22.0 Å². The largest absolute Gasteiger partial charge is 0.340 e. The van der Waals surface area contributed by atoms with E-state index in [-0.39, 0.29) is 5.43 Å². The Labute approximate surface area is 143 Å². The van der Waals surface area contributed by atoms with Gasteiger partial charge >= 0.3 is 0 Å². The maximum atomic E-state index is 12.6. The molecule has 0 saturated carbocycles. The van der Waals surface area contributed by atoms with Crippen molar-refractivity contribution in [1.29, 1.82) is 0 Å². The molecule has 2 nitrogen and oxygen atoms in total. The molecule has 3 rings (SSSR count). The van der Waals surface area contributed by atoms with Gasteiger partial charge in [0.2, 0.25) is 0 Å². The molecule has 0 aliphatic rings. The Morgan fingerprint density at radius 1 is 0.875 bits per heavy atom. The zero-order valence-corrected chi connectivity index (χ0v) is 14.3. The number of nitrogens with zero attached hydrogens (tertiary/aromatic N) is 1. The van der Waals surface area contributed by atoms with Gasteiger partial charge in [-0.25, -0.2) is 0 Å². The van der Waals surface area contributed by atoms with Crippen LogP contribution in [0.25, 0.3) is 22.5 Å². The minimum atomic E-state index is 0.0976. The summed E-state index contributed by atoms with van der Waals surface area (Å²) in [6, 6.07) is 22.2. The van der Waals surface area contributed by atoms with E-state index in [1.165, 1.54) is 0 Å². The lowest BCUT2D eigenvalue weighted by atomic mass is 10.0. The number of hydrogen-bond donors (Lipinski definition) is 0. The molecule has 0 bridgehead atoms. The molecular formula is C22H23NO. The molecule has 1 aromatic heterocycles.